The molecule has 0 aromatic heterocycles. The molecule has 3 nitrogen and oxygen atoms in total. The Labute approximate surface area is 123 Å². The third-order valence-electron chi connectivity index (χ3n) is 4.93. The van der Waals surface area contributed by atoms with E-state index in [-0.39, 0.29) is 5.54 Å². The maximum atomic E-state index is 6.25. The van der Waals surface area contributed by atoms with Gasteiger partial charge in [-0.1, -0.05) is 20.8 Å². The van der Waals surface area contributed by atoms with E-state index in [2.05, 4.69) is 42.3 Å². The van der Waals surface area contributed by atoms with Crippen LogP contribution in [0, 0.1) is 0 Å². The van der Waals surface area contributed by atoms with E-state index in [0.717, 1.165) is 17.0 Å². The molecule has 2 aliphatic rings. The zero-order valence-electron chi connectivity index (χ0n) is 12.9. The van der Waals surface area contributed by atoms with Crippen molar-refractivity contribution in [1.82, 2.24) is 9.80 Å². The predicted octanol–water partition coefficient (Wildman–Crippen LogP) is 2.02. The zero-order valence-corrected chi connectivity index (χ0v) is 13.7. The normalized spacial score (nSPS) is 39.2. The lowest BCUT2D eigenvalue weighted by molar-refractivity contribution is 0.0763. The number of likely N-dealkylation sites (tertiary alicyclic amines) is 1. The molecule has 2 aliphatic heterocycles. The summed E-state index contributed by atoms with van der Waals surface area (Å²) in [5, 5.41) is 1.50. The fraction of sp³-hybridized carbons (Fsp3) is 1.00. The molecular formula is C15H31N3S. The fourth-order valence-electron chi connectivity index (χ4n) is 3.77. The van der Waals surface area contributed by atoms with E-state index in [1.165, 1.54) is 52.0 Å². The van der Waals surface area contributed by atoms with Gasteiger partial charge in [0, 0.05) is 35.7 Å². The molecule has 4 heteroatoms. The minimum absolute atomic E-state index is 0.271. The van der Waals surface area contributed by atoms with Gasteiger partial charge in [-0.05, 0) is 38.9 Å². The highest BCUT2D eigenvalue weighted by molar-refractivity contribution is 8.00. The van der Waals surface area contributed by atoms with E-state index in [1.54, 1.807) is 0 Å². The number of hydrogen-bond donors (Lipinski definition) is 1. The largest absolute Gasteiger partial charge is 0.329 e. The quantitative estimate of drug-likeness (QED) is 0.860. The van der Waals surface area contributed by atoms with Crippen LogP contribution in [0.15, 0.2) is 0 Å². The Morgan fingerprint density at radius 2 is 1.84 bits per heavy atom. The van der Waals surface area contributed by atoms with Crippen LogP contribution in [-0.4, -0.2) is 65.1 Å². The zero-order chi connectivity index (χ0) is 13.9. The molecule has 0 aromatic carbocycles. The van der Waals surface area contributed by atoms with Gasteiger partial charge in [-0.15, -0.1) is 0 Å². The SMILES string of the molecule is CCN1CCCC(CN)(N2CC(C)SC(C)C2)CC1. The molecule has 0 aliphatic carbocycles. The topological polar surface area (TPSA) is 32.5 Å². The van der Waals surface area contributed by atoms with Crippen molar-refractivity contribution < 1.29 is 0 Å². The first kappa shape index (κ1) is 15.6. The van der Waals surface area contributed by atoms with Gasteiger partial charge in [-0.2, -0.15) is 11.8 Å². The molecule has 2 rings (SSSR count). The Morgan fingerprint density at radius 1 is 1.16 bits per heavy atom. The summed E-state index contributed by atoms with van der Waals surface area (Å²) in [5.41, 5.74) is 6.52. The summed E-state index contributed by atoms with van der Waals surface area (Å²) in [6, 6.07) is 0. The summed E-state index contributed by atoms with van der Waals surface area (Å²) >= 11 is 2.14. The van der Waals surface area contributed by atoms with Gasteiger partial charge in [0.15, 0.2) is 0 Å². The summed E-state index contributed by atoms with van der Waals surface area (Å²) in [6.07, 6.45) is 3.84. The third kappa shape index (κ3) is 3.66. The molecule has 3 unspecified atom stereocenters. The lowest BCUT2D eigenvalue weighted by Gasteiger charge is -2.48. The van der Waals surface area contributed by atoms with Crippen molar-refractivity contribution in [3.8, 4) is 0 Å². The van der Waals surface area contributed by atoms with Crippen molar-refractivity contribution in [2.24, 2.45) is 5.73 Å². The van der Waals surface area contributed by atoms with Gasteiger partial charge in [0.1, 0.15) is 0 Å². The maximum absolute atomic E-state index is 6.25. The van der Waals surface area contributed by atoms with Crippen LogP contribution in [0.3, 0.4) is 0 Å². The molecule has 0 bridgehead atoms. The van der Waals surface area contributed by atoms with Crippen LogP contribution >= 0.6 is 11.8 Å². The molecule has 2 saturated heterocycles. The molecule has 112 valence electrons. The highest BCUT2D eigenvalue weighted by Gasteiger charge is 2.39. The van der Waals surface area contributed by atoms with Crippen LogP contribution in [0.5, 0.6) is 0 Å². The smallest absolute Gasteiger partial charge is 0.0345 e. The predicted molar refractivity (Wildman–Crippen MR) is 85.8 cm³/mol. The first-order valence-corrected chi connectivity index (χ1v) is 8.87. The molecule has 0 saturated carbocycles. The Morgan fingerprint density at radius 3 is 2.42 bits per heavy atom. The van der Waals surface area contributed by atoms with Crippen molar-refractivity contribution in [2.45, 2.75) is 56.1 Å². The van der Waals surface area contributed by atoms with Gasteiger partial charge in [0.2, 0.25) is 0 Å². The maximum Gasteiger partial charge on any atom is 0.0345 e. The van der Waals surface area contributed by atoms with Crippen LogP contribution in [0.4, 0.5) is 0 Å². The average Bonchev–Trinajstić information content (AvgIpc) is 2.60. The number of hydrogen-bond acceptors (Lipinski definition) is 4. The molecule has 0 radical (unpaired) electrons. The fourth-order valence-corrected chi connectivity index (χ4v) is 5.09. The summed E-state index contributed by atoms with van der Waals surface area (Å²) in [5.74, 6) is 0. The molecule has 0 aromatic rings. The molecule has 0 spiro atoms. The van der Waals surface area contributed by atoms with Crippen molar-refractivity contribution in [3.63, 3.8) is 0 Å². The second-order valence-corrected chi connectivity index (χ2v) is 8.26. The Bertz CT molecular complexity index is 277. The number of rotatable bonds is 3. The molecule has 2 fully saturated rings. The van der Waals surface area contributed by atoms with Crippen LogP contribution in [0.2, 0.25) is 0 Å². The molecule has 2 N–H and O–H groups in total. The molecule has 19 heavy (non-hydrogen) atoms. The lowest BCUT2D eigenvalue weighted by atomic mass is 9.87. The van der Waals surface area contributed by atoms with E-state index in [0.29, 0.717) is 0 Å². The van der Waals surface area contributed by atoms with Gasteiger partial charge in [0.05, 0.1) is 0 Å². The van der Waals surface area contributed by atoms with Gasteiger partial charge < -0.3 is 10.6 Å². The standard InChI is InChI=1S/C15H31N3S/c1-4-17-8-5-6-15(12-16,7-9-17)18-10-13(2)19-14(3)11-18/h13-14H,4-12,16H2,1-3H3. The summed E-state index contributed by atoms with van der Waals surface area (Å²) in [4.78, 5) is 5.32. The Balaban J connectivity index is 2.08. The van der Waals surface area contributed by atoms with E-state index >= 15 is 0 Å². The van der Waals surface area contributed by atoms with Crippen LogP contribution in [0.1, 0.15) is 40.0 Å². The minimum atomic E-state index is 0.271. The first-order valence-electron chi connectivity index (χ1n) is 7.92. The van der Waals surface area contributed by atoms with Crippen LogP contribution in [0.25, 0.3) is 0 Å². The highest BCUT2D eigenvalue weighted by Crippen LogP contribution is 2.34. The number of nitrogens with two attached hydrogens (primary N) is 1. The Hall–Kier alpha value is 0.230. The minimum Gasteiger partial charge on any atom is -0.329 e. The van der Waals surface area contributed by atoms with Gasteiger partial charge in [-0.3, -0.25) is 4.90 Å². The van der Waals surface area contributed by atoms with Crippen LogP contribution < -0.4 is 5.73 Å². The van der Waals surface area contributed by atoms with E-state index in [1.807, 2.05) is 0 Å². The summed E-state index contributed by atoms with van der Waals surface area (Å²) in [6.45, 7) is 13.9. The van der Waals surface area contributed by atoms with Gasteiger partial charge in [-0.25, -0.2) is 0 Å². The van der Waals surface area contributed by atoms with E-state index < -0.39 is 0 Å². The number of nitrogens with zero attached hydrogens (tertiary/aromatic N) is 2. The molecule has 0 amide bonds. The third-order valence-corrected chi connectivity index (χ3v) is 6.15. The Kier molecular flexibility index (Phi) is 5.58. The lowest BCUT2D eigenvalue weighted by Crippen LogP contribution is -2.59. The molecule has 3 atom stereocenters. The molecule has 2 heterocycles. The second-order valence-electron chi connectivity index (χ2n) is 6.38. The highest BCUT2D eigenvalue weighted by atomic mass is 32.2. The molecular weight excluding hydrogens is 254 g/mol. The van der Waals surface area contributed by atoms with Gasteiger partial charge in [0.25, 0.3) is 0 Å². The van der Waals surface area contributed by atoms with E-state index in [4.69, 9.17) is 5.73 Å². The van der Waals surface area contributed by atoms with Crippen LogP contribution in [-0.2, 0) is 0 Å². The number of thioether (sulfide) groups is 1. The monoisotopic (exact) mass is 285 g/mol. The van der Waals surface area contributed by atoms with E-state index in [9.17, 15) is 0 Å². The van der Waals surface area contributed by atoms with Crippen molar-refractivity contribution in [1.29, 1.82) is 0 Å². The van der Waals surface area contributed by atoms with Crippen molar-refractivity contribution in [2.75, 3.05) is 39.3 Å². The second kappa shape index (κ2) is 6.79. The van der Waals surface area contributed by atoms with Gasteiger partial charge >= 0.3 is 0 Å². The summed E-state index contributed by atoms with van der Waals surface area (Å²) in [7, 11) is 0. The average molecular weight is 286 g/mol. The van der Waals surface area contributed by atoms with Crippen molar-refractivity contribution >= 4 is 11.8 Å². The summed E-state index contributed by atoms with van der Waals surface area (Å²) < 4.78 is 0. The first-order chi connectivity index (χ1) is 9.09. The van der Waals surface area contributed by atoms with Crippen molar-refractivity contribution in [3.05, 3.63) is 0 Å².